The Labute approximate surface area is 118 Å². The summed E-state index contributed by atoms with van der Waals surface area (Å²) in [6.45, 7) is -0.501. The molecule has 0 saturated carbocycles. The third-order valence-corrected chi connectivity index (χ3v) is 2.84. The van der Waals surface area contributed by atoms with Crippen molar-refractivity contribution in [1.29, 1.82) is 0 Å². The predicted molar refractivity (Wildman–Crippen MR) is 70.6 cm³/mol. The zero-order valence-electron chi connectivity index (χ0n) is 10.7. The minimum atomic E-state index is -1.29. The molecule has 0 unspecified atom stereocenters. The van der Waals surface area contributed by atoms with E-state index in [2.05, 4.69) is 5.32 Å². The number of imide groups is 1. The summed E-state index contributed by atoms with van der Waals surface area (Å²) in [7, 11) is 0. The van der Waals surface area contributed by atoms with Crippen molar-refractivity contribution in [2.24, 2.45) is 0 Å². The van der Waals surface area contributed by atoms with Gasteiger partial charge in [-0.25, -0.2) is 4.79 Å². The number of rotatable bonds is 5. The Morgan fingerprint density at radius 2 is 2.00 bits per heavy atom. The molecule has 0 fully saturated rings. The normalized spacial score (nSPS) is 14.3. The van der Waals surface area contributed by atoms with Crippen molar-refractivity contribution in [2.45, 2.75) is 0 Å². The first kappa shape index (κ1) is 14.5. The van der Waals surface area contributed by atoms with E-state index < -0.39 is 17.8 Å². The van der Waals surface area contributed by atoms with Gasteiger partial charge in [-0.05, 0) is 18.2 Å². The summed E-state index contributed by atoms with van der Waals surface area (Å²) in [5, 5.41) is 29.7. The molecule has 0 bridgehead atoms. The molecule has 8 nitrogen and oxygen atoms in total. The number of phenols is 1. The molecular weight excluding hydrogens is 280 g/mol. The van der Waals surface area contributed by atoms with E-state index in [9.17, 15) is 19.5 Å². The Kier molecular flexibility index (Phi) is 3.90. The molecule has 8 heteroatoms. The van der Waals surface area contributed by atoms with Crippen molar-refractivity contribution >= 4 is 23.5 Å². The lowest BCUT2D eigenvalue weighted by Crippen LogP contribution is -2.34. The number of carbonyl (C=O) groups excluding carboxylic acids is 2. The van der Waals surface area contributed by atoms with Gasteiger partial charge in [-0.3, -0.25) is 14.5 Å². The standard InChI is InChI=1S/C13H12N2O6/c16-4-3-15-11(18)6-10(12(15)19)14-9-2-1-7(17)5-8(9)13(20)21/h1-2,5-6,14,16-17H,3-4H2,(H,20,21). The van der Waals surface area contributed by atoms with Crippen LogP contribution >= 0.6 is 0 Å². The van der Waals surface area contributed by atoms with E-state index in [1.807, 2.05) is 0 Å². The van der Waals surface area contributed by atoms with Gasteiger partial charge in [0.2, 0.25) is 0 Å². The molecule has 2 rings (SSSR count). The molecule has 1 aromatic rings. The molecule has 0 spiro atoms. The first-order chi connectivity index (χ1) is 9.93. The van der Waals surface area contributed by atoms with E-state index in [1.54, 1.807) is 0 Å². The lowest BCUT2D eigenvalue weighted by Gasteiger charge is -2.14. The highest BCUT2D eigenvalue weighted by Gasteiger charge is 2.31. The number of hydrogen-bond donors (Lipinski definition) is 4. The Morgan fingerprint density at radius 1 is 1.29 bits per heavy atom. The summed E-state index contributed by atoms with van der Waals surface area (Å²) < 4.78 is 0. The number of anilines is 1. The molecule has 1 aliphatic heterocycles. The van der Waals surface area contributed by atoms with Crippen LogP contribution in [-0.2, 0) is 9.59 Å². The first-order valence-electron chi connectivity index (χ1n) is 5.95. The zero-order valence-corrected chi connectivity index (χ0v) is 10.7. The van der Waals surface area contributed by atoms with Crippen molar-refractivity contribution in [2.75, 3.05) is 18.5 Å². The van der Waals surface area contributed by atoms with Gasteiger partial charge in [0, 0.05) is 6.08 Å². The van der Waals surface area contributed by atoms with Crippen molar-refractivity contribution in [3.8, 4) is 5.75 Å². The topological polar surface area (TPSA) is 127 Å². The second kappa shape index (κ2) is 5.63. The molecule has 0 aromatic heterocycles. The third-order valence-electron chi connectivity index (χ3n) is 2.84. The Hall–Kier alpha value is -2.87. The van der Waals surface area contributed by atoms with E-state index in [1.165, 1.54) is 12.1 Å². The fourth-order valence-corrected chi connectivity index (χ4v) is 1.87. The summed E-state index contributed by atoms with van der Waals surface area (Å²) >= 11 is 0. The molecule has 0 aliphatic carbocycles. The number of aliphatic hydroxyl groups excluding tert-OH is 1. The second-order valence-corrected chi connectivity index (χ2v) is 4.24. The summed E-state index contributed by atoms with van der Waals surface area (Å²) in [4.78, 5) is 35.4. The maximum Gasteiger partial charge on any atom is 0.337 e. The number of carboxylic acid groups (broad SMARTS) is 1. The molecular formula is C13H12N2O6. The van der Waals surface area contributed by atoms with Gasteiger partial charge < -0.3 is 20.6 Å². The first-order valence-corrected chi connectivity index (χ1v) is 5.95. The number of benzene rings is 1. The number of nitrogens with one attached hydrogen (secondary N) is 1. The SMILES string of the molecule is O=C(O)c1cc(O)ccc1NC1=CC(=O)N(CCO)C1=O. The molecule has 0 radical (unpaired) electrons. The minimum absolute atomic E-state index is 0.0681. The number of amides is 2. The van der Waals surface area contributed by atoms with Crippen LogP contribution in [0.25, 0.3) is 0 Å². The summed E-state index contributed by atoms with van der Waals surface area (Å²) in [5.41, 5.74) is -0.267. The highest BCUT2D eigenvalue weighted by atomic mass is 16.4. The monoisotopic (exact) mass is 292 g/mol. The van der Waals surface area contributed by atoms with Gasteiger partial charge in [0.15, 0.2) is 0 Å². The van der Waals surface area contributed by atoms with Crippen molar-refractivity contribution < 1.29 is 29.7 Å². The maximum atomic E-state index is 11.9. The fraction of sp³-hybridized carbons (Fsp3) is 0.154. The molecule has 4 N–H and O–H groups in total. The number of hydrogen-bond acceptors (Lipinski definition) is 6. The highest BCUT2D eigenvalue weighted by molar-refractivity contribution is 6.17. The zero-order chi connectivity index (χ0) is 15.6. The summed E-state index contributed by atoms with van der Waals surface area (Å²) in [5.74, 6) is -2.77. The predicted octanol–water partition coefficient (Wildman–Crippen LogP) is -0.253. The van der Waals surface area contributed by atoms with Crippen molar-refractivity contribution in [3.05, 3.63) is 35.5 Å². The number of carbonyl (C=O) groups is 3. The number of nitrogens with zero attached hydrogens (tertiary/aromatic N) is 1. The number of β-amino-alcohol motifs (C(OH)–C–C–N with tert-alkyl or cyclic N) is 1. The average molecular weight is 292 g/mol. The lowest BCUT2D eigenvalue weighted by atomic mass is 10.1. The van der Waals surface area contributed by atoms with Crippen LogP contribution in [-0.4, -0.2) is 51.2 Å². The quantitative estimate of drug-likeness (QED) is 0.435. The molecule has 2 amide bonds. The van der Waals surface area contributed by atoms with Crippen molar-refractivity contribution in [3.63, 3.8) is 0 Å². The Balaban J connectivity index is 2.28. The molecule has 0 atom stereocenters. The van der Waals surface area contributed by atoms with Gasteiger partial charge in [0.25, 0.3) is 11.8 Å². The second-order valence-electron chi connectivity index (χ2n) is 4.24. The van der Waals surface area contributed by atoms with Gasteiger partial charge >= 0.3 is 5.97 Å². The van der Waals surface area contributed by atoms with Crippen molar-refractivity contribution in [1.82, 2.24) is 4.90 Å². The van der Waals surface area contributed by atoms with Crippen LogP contribution < -0.4 is 5.32 Å². The van der Waals surface area contributed by atoms with Crippen LogP contribution in [0.4, 0.5) is 5.69 Å². The average Bonchev–Trinajstić information content (AvgIpc) is 2.68. The maximum absolute atomic E-state index is 11.9. The van der Waals surface area contributed by atoms with Gasteiger partial charge in [0.05, 0.1) is 24.4 Å². The van der Waals surface area contributed by atoms with Crippen LogP contribution in [0, 0.1) is 0 Å². The molecule has 1 aromatic carbocycles. The molecule has 110 valence electrons. The fourth-order valence-electron chi connectivity index (χ4n) is 1.87. The highest BCUT2D eigenvalue weighted by Crippen LogP contribution is 2.24. The number of aliphatic hydroxyl groups is 1. The number of phenolic OH excluding ortho intramolecular Hbond substituents is 1. The van der Waals surface area contributed by atoms with E-state index in [0.717, 1.165) is 17.0 Å². The van der Waals surface area contributed by atoms with Crippen LogP contribution in [0.1, 0.15) is 10.4 Å². The van der Waals surface area contributed by atoms with Gasteiger partial charge in [-0.15, -0.1) is 0 Å². The number of aromatic hydroxyl groups is 1. The third kappa shape index (κ3) is 2.84. The number of aromatic carboxylic acids is 1. The van der Waals surface area contributed by atoms with Gasteiger partial charge in [0.1, 0.15) is 11.4 Å². The van der Waals surface area contributed by atoms with Crippen LogP contribution in [0.3, 0.4) is 0 Å². The van der Waals surface area contributed by atoms with Gasteiger partial charge in [-0.2, -0.15) is 0 Å². The van der Waals surface area contributed by atoms with E-state index >= 15 is 0 Å². The van der Waals surface area contributed by atoms with E-state index in [0.29, 0.717) is 0 Å². The molecule has 1 aliphatic rings. The minimum Gasteiger partial charge on any atom is -0.508 e. The largest absolute Gasteiger partial charge is 0.508 e. The van der Waals surface area contributed by atoms with Crippen LogP contribution in [0.5, 0.6) is 5.75 Å². The Bertz CT molecular complexity index is 652. The number of carboxylic acids is 1. The lowest BCUT2D eigenvalue weighted by molar-refractivity contribution is -0.137. The van der Waals surface area contributed by atoms with Gasteiger partial charge in [-0.1, -0.05) is 0 Å². The van der Waals surface area contributed by atoms with E-state index in [-0.39, 0.29) is 35.8 Å². The Morgan fingerprint density at radius 3 is 2.62 bits per heavy atom. The van der Waals surface area contributed by atoms with Crippen LogP contribution in [0.2, 0.25) is 0 Å². The smallest absolute Gasteiger partial charge is 0.337 e. The molecule has 0 saturated heterocycles. The molecule has 1 heterocycles. The summed E-state index contributed by atoms with van der Waals surface area (Å²) in [6.07, 6.45) is 1.02. The molecule has 21 heavy (non-hydrogen) atoms. The van der Waals surface area contributed by atoms with E-state index in [4.69, 9.17) is 10.2 Å². The summed E-state index contributed by atoms with van der Waals surface area (Å²) in [6, 6.07) is 3.56. The van der Waals surface area contributed by atoms with Crippen LogP contribution in [0.15, 0.2) is 30.0 Å².